The number of halogens is 2. The Morgan fingerprint density at radius 2 is 1.83 bits per heavy atom. The Balaban J connectivity index is 2.65. The van der Waals surface area contributed by atoms with Gasteiger partial charge in [0.15, 0.2) is 0 Å². The molecule has 0 fully saturated rings. The smallest absolute Gasteiger partial charge is 0.379 e. The second kappa shape index (κ2) is 6.68. The van der Waals surface area contributed by atoms with Crippen LogP contribution in [-0.4, -0.2) is 31.4 Å². The molecule has 0 saturated heterocycles. The summed E-state index contributed by atoms with van der Waals surface area (Å²) in [5, 5.41) is 0. The first kappa shape index (κ1) is 14.1. The van der Waals surface area contributed by atoms with Crippen LogP contribution in [0.3, 0.4) is 0 Å². The molecule has 0 heterocycles. The normalized spacial score (nSPS) is 10.2. The van der Waals surface area contributed by atoms with Gasteiger partial charge >= 0.3 is 5.97 Å². The lowest BCUT2D eigenvalue weighted by Gasteiger charge is -2.06. The Morgan fingerprint density at radius 1 is 1.22 bits per heavy atom. The summed E-state index contributed by atoms with van der Waals surface area (Å²) in [6.45, 7) is 0.984. The molecular formula is C12H12F2O4. The molecule has 0 aliphatic heterocycles. The first-order chi connectivity index (χ1) is 8.54. The van der Waals surface area contributed by atoms with E-state index in [0.717, 1.165) is 0 Å². The van der Waals surface area contributed by atoms with Gasteiger partial charge in [-0.1, -0.05) is 0 Å². The first-order valence-electron chi connectivity index (χ1n) is 5.27. The third-order valence-corrected chi connectivity index (χ3v) is 1.95. The first-order valence-corrected chi connectivity index (χ1v) is 5.27. The lowest BCUT2D eigenvalue weighted by molar-refractivity contribution is -0.137. The van der Waals surface area contributed by atoms with Crippen LogP contribution in [0.5, 0.6) is 5.75 Å². The number of carbonyl (C=O) groups is 2. The number of hydrogen-bond acceptors (Lipinski definition) is 4. The highest BCUT2D eigenvalue weighted by Gasteiger charge is 2.17. The maximum Gasteiger partial charge on any atom is 0.379 e. The van der Waals surface area contributed by atoms with Crippen LogP contribution in [-0.2, 0) is 9.53 Å². The fourth-order valence-electron chi connectivity index (χ4n) is 1.18. The number of esters is 1. The minimum absolute atomic E-state index is 0.111. The Labute approximate surface area is 103 Å². The predicted molar refractivity (Wildman–Crippen MR) is 58.9 cm³/mol. The molecule has 1 aromatic carbocycles. The number of Topliss-reactive ketones (excluding diaryl/α,β-unsaturated/α-hetero) is 1. The molecule has 0 aliphatic carbocycles. The minimum atomic E-state index is -2.56. The summed E-state index contributed by atoms with van der Waals surface area (Å²) >= 11 is 0. The molecule has 1 aromatic rings. The van der Waals surface area contributed by atoms with Crippen molar-refractivity contribution in [3.05, 3.63) is 29.8 Å². The molecule has 18 heavy (non-hydrogen) atoms. The second-order valence-electron chi connectivity index (χ2n) is 3.28. The van der Waals surface area contributed by atoms with E-state index < -0.39 is 24.8 Å². The third-order valence-electron chi connectivity index (χ3n) is 1.95. The molecule has 6 heteroatoms. The number of ether oxygens (including phenoxy) is 2. The molecule has 0 amide bonds. The Kier molecular flexibility index (Phi) is 5.23. The second-order valence-corrected chi connectivity index (χ2v) is 3.28. The number of alkyl halides is 2. The van der Waals surface area contributed by atoms with E-state index in [-0.39, 0.29) is 17.9 Å². The number of ketones is 1. The largest absolute Gasteiger partial charge is 0.488 e. The number of rotatable bonds is 6. The zero-order valence-electron chi connectivity index (χ0n) is 9.69. The number of hydrogen-bond donors (Lipinski definition) is 0. The van der Waals surface area contributed by atoms with Gasteiger partial charge in [-0.3, -0.25) is 4.79 Å². The Morgan fingerprint density at radius 3 is 2.33 bits per heavy atom. The molecule has 0 unspecified atom stereocenters. The summed E-state index contributed by atoms with van der Waals surface area (Å²) in [6, 6.07) is 5.32. The van der Waals surface area contributed by atoms with Crippen LogP contribution in [0.25, 0.3) is 0 Å². The lowest BCUT2D eigenvalue weighted by Crippen LogP contribution is -2.17. The van der Waals surface area contributed by atoms with E-state index in [9.17, 15) is 18.4 Å². The molecule has 4 nitrogen and oxygen atoms in total. The van der Waals surface area contributed by atoms with E-state index in [2.05, 4.69) is 4.74 Å². The molecular weight excluding hydrogens is 246 g/mol. The molecule has 0 saturated carbocycles. The van der Waals surface area contributed by atoms with Crippen LogP contribution in [0.4, 0.5) is 8.78 Å². The summed E-state index contributed by atoms with van der Waals surface area (Å²) in [6.07, 6.45) is -2.56. The fraction of sp³-hybridized carbons (Fsp3) is 0.333. The highest BCUT2D eigenvalue weighted by Crippen LogP contribution is 2.13. The number of benzene rings is 1. The summed E-state index contributed by atoms with van der Waals surface area (Å²) < 4.78 is 33.0. The van der Waals surface area contributed by atoms with Crippen LogP contribution in [0, 0.1) is 0 Å². The van der Waals surface area contributed by atoms with Crippen molar-refractivity contribution in [2.24, 2.45) is 0 Å². The summed E-state index contributed by atoms with van der Waals surface area (Å²) in [5.41, 5.74) is 0.123. The van der Waals surface area contributed by atoms with Gasteiger partial charge in [-0.15, -0.1) is 0 Å². The van der Waals surface area contributed by atoms with Crippen molar-refractivity contribution in [1.82, 2.24) is 0 Å². The monoisotopic (exact) mass is 258 g/mol. The van der Waals surface area contributed by atoms with Crippen molar-refractivity contribution < 1.29 is 27.8 Å². The molecule has 0 N–H and O–H groups in total. The van der Waals surface area contributed by atoms with Gasteiger partial charge in [-0.2, -0.15) is 0 Å². The quantitative estimate of drug-likeness (QED) is 0.445. The Hall–Kier alpha value is -1.98. The topological polar surface area (TPSA) is 52.6 Å². The maximum atomic E-state index is 11.9. The van der Waals surface area contributed by atoms with Crippen LogP contribution >= 0.6 is 0 Å². The van der Waals surface area contributed by atoms with Crippen LogP contribution in [0.2, 0.25) is 0 Å². The third kappa shape index (κ3) is 4.12. The van der Waals surface area contributed by atoms with Gasteiger partial charge in [-0.05, 0) is 31.2 Å². The van der Waals surface area contributed by atoms with Crippen molar-refractivity contribution in [3.63, 3.8) is 0 Å². The van der Waals surface area contributed by atoms with Crippen LogP contribution in [0.15, 0.2) is 24.3 Å². The highest BCUT2D eigenvalue weighted by molar-refractivity contribution is 6.40. The van der Waals surface area contributed by atoms with Crippen molar-refractivity contribution in [1.29, 1.82) is 0 Å². The fourth-order valence-corrected chi connectivity index (χ4v) is 1.18. The highest BCUT2D eigenvalue weighted by atomic mass is 19.3. The van der Waals surface area contributed by atoms with E-state index >= 15 is 0 Å². The zero-order chi connectivity index (χ0) is 13.5. The summed E-state index contributed by atoms with van der Waals surface area (Å²) in [7, 11) is 0. The van der Waals surface area contributed by atoms with Crippen LogP contribution in [0.1, 0.15) is 17.3 Å². The molecule has 0 aliphatic rings. The summed E-state index contributed by atoms with van der Waals surface area (Å²) in [5.74, 6) is -1.52. The van der Waals surface area contributed by atoms with Gasteiger partial charge in [0.2, 0.25) is 0 Å². The Bertz CT molecular complexity index is 415. The maximum absolute atomic E-state index is 11.9. The SMILES string of the molecule is CCOC(=O)C(=O)c1ccc(OCC(F)F)cc1. The van der Waals surface area contributed by atoms with Gasteiger partial charge in [0.25, 0.3) is 12.2 Å². The van der Waals surface area contributed by atoms with Crippen molar-refractivity contribution in [2.45, 2.75) is 13.3 Å². The van der Waals surface area contributed by atoms with Gasteiger partial charge < -0.3 is 9.47 Å². The molecule has 1 rings (SSSR count). The van der Waals surface area contributed by atoms with Gasteiger partial charge in [0, 0.05) is 5.56 Å². The van der Waals surface area contributed by atoms with E-state index in [4.69, 9.17) is 4.74 Å². The minimum Gasteiger partial charge on any atom is -0.488 e. The summed E-state index contributed by atoms with van der Waals surface area (Å²) in [4.78, 5) is 22.6. The molecule has 0 atom stereocenters. The molecule has 0 bridgehead atoms. The van der Waals surface area contributed by atoms with Gasteiger partial charge in [-0.25, -0.2) is 13.6 Å². The van der Waals surface area contributed by atoms with E-state index in [1.165, 1.54) is 24.3 Å². The predicted octanol–water partition coefficient (Wildman–Crippen LogP) is 2.08. The van der Waals surface area contributed by atoms with E-state index in [1.807, 2.05) is 0 Å². The molecule has 98 valence electrons. The lowest BCUT2D eigenvalue weighted by atomic mass is 10.1. The van der Waals surface area contributed by atoms with Crippen molar-refractivity contribution >= 4 is 11.8 Å². The molecule has 0 radical (unpaired) electrons. The van der Waals surface area contributed by atoms with Crippen molar-refractivity contribution in [2.75, 3.05) is 13.2 Å². The molecule has 0 aromatic heterocycles. The molecule has 0 spiro atoms. The standard InChI is InChI=1S/C12H12F2O4/c1-2-17-12(16)11(15)8-3-5-9(6-4-8)18-7-10(13)14/h3-6,10H,2,7H2,1H3. The van der Waals surface area contributed by atoms with Gasteiger partial charge in [0.1, 0.15) is 12.4 Å². The average molecular weight is 258 g/mol. The average Bonchev–Trinajstić information content (AvgIpc) is 2.36. The van der Waals surface area contributed by atoms with Crippen molar-refractivity contribution in [3.8, 4) is 5.75 Å². The van der Waals surface area contributed by atoms with E-state index in [1.54, 1.807) is 6.92 Å². The number of carbonyl (C=O) groups excluding carboxylic acids is 2. The van der Waals surface area contributed by atoms with E-state index in [0.29, 0.717) is 0 Å². The van der Waals surface area contributed by atoms with Gasteiger partial charge in [0.05, 0.1) is 6.61 Å². The van der Waals surface area contributed by atoms with Crippen LogP contribution < -0.4 is 4.74 Å². The zero-order valence-corrected chi connectivity index (χ0v) is 9.69.